The van der Waals surface area contributed by atoms with Gasteiger partial charge in [-0.3, -0.25) is 9.71 Å². The summed E-state index contributed by atoms with van der Waals surface area (Å²) in [5, 5.41) is 0. The molecule has 0 spiro atoms. The molecular formula is C13H12F2N2O2S. The topological polar surface area (TPSA) is 59.1 Å². The Morgan fingerprint density at radius 2 is 1.85 bits per heavy atom. The molecule has 0 aliphatic carbocycles. The molecule has 0 aliphatic rings. The van der Waals surface area contributed by atoms with E-state index in [4.69, 9.17) is 0 Å². The lowest BCUT2D eigenvalue weighted by Gasteiger charge is -2.09. The van der Waals surface area contributed by atoms with E-state index >= 15 is 0 Å². The second kappa shape index (κ2) is 5.54. The molecule has 4 nitrogen and oxygen atoms in total. The van der Waals surface area contributed by atoms with Crippen LogP contribution in [0.2, 0.25) is 0 Å². The molecule has 1 aromatic carbocycles. The molecule has 7 heteroatoms. The second-order valence-corrected chi connectivity index (χ2v) is 5.97. The average molecular weight is 298 g/mol. The van der Waals surface area contributed by atoms with E-state index in [-0.39, 0.29) is 0 Å². The van der Waals surface area contributed by atoms with E-state index in [1.807, 2.05) is 0 Å². The van der Waals surface area contributed by atoms with Gasteiger partial charge in [-0.2, -0.15) is 0 Å². The molecule has 2 aromatic rings. The lowest BCUT2D eigenvalue weighted by atomic mass is 10.2. The van der Waals surface area contributed by atoms with Crippen molar-refractivity contribution in [2.24, 2.45) is 0 Å². The Hall–Kier alpha value is -2.02. The number of hydrogen-bond donors (Lipinski definition) is 1. The molecule has 1 N–H and O–H groups in total. The van der Waals surface area contributed by atoms with Crippen LogP contribution in [0, 0.1) is 18.6 Å². The van der Waals surface area contributed by atoms with E-state index in [1.165, 1.54) is 24.4 Å². The minimum Gasteiger partial charge on any atom is -0.283 e. The molecule has 0 aliphatic heterocycles. The Bertz CT molecular complexity index is 713. The van der Waals surface area contributed by atoms with Crippen LogP contribution in [0.5, 0.6) is 0 Å². The molecule has 0 fully saturated rings. The Kier molecular flexibility index (Phi) is 3.99. The summed E-state index contributed by atoms with van der Waals surface area (Å²) in [6.45, 7) is 1.70. The molecule has 20 heavy (non-hydrogen) atoms. The molecule has 0 saturated heterocycles. The molecule has 0 saturated carbocycles. The fourth-order valence-corrected chi connectivity index (χ4v) is 2.90. The van der Waals surface area contributed by atoms with Gasteiger partial charge in [0.1, 0.15) is 17.4 Å². The van der Waals surface area contributed by atoms with Gasteiger partial charge in [-0.15, -0.1) is 0 Å². The number of pyridine rings is 1. The standard InChI is InChI=1S/C13H12F2N2O2S/c1-9-7-10(5-6-16-9)17-20(18,19)8-11-12(14)3-2-4-13(11)15/h2-7H,8H2,1H3,(H,16,17). The zero-order chi connectivity index (χ0) is 14.8. The highest BCUT2D eigenvalue weighted by Crippen LogP contribution is 2.17. The highest BCUT2D eigenvalue weighted by molar-refractivity contribution is 7.91. The molecule has 0 unspecified atom stereocenters. The van der Waals surface area contributed by atoms with Gasteiger partial charge >= 0.3 is 0 Å². The highest BCUT2D eigenvalue weighted by atomic mass is 32.2. The molecule has 0 bridgehead atoms. The van der Waals surface area contributed by atoms with E-state index in [0.717, 1.165) is 12.1 Å². The van der Waals surface area contributed by atoms with Crippen LogP contribution in [0.4, 0.5) is 14.5 Å². The van der Waals surface area contributed by atoms with Crippen molar-refractivity contribution < 1.29 is 17.2 Å². The molecule has 1 aromatic heterocycles. The summed E-state index contributed by atoms with van der Waals surface area (Å²) in [7, 11) is -3.91. The maximum Gasteiger partial charge on any atom is 0.237 e. The summed E-state index contributed by atoms with van der Waals surface area (Å²) >= 11 is 0. The summed E-state index contributed by atoms with van der Waals surface area (Å²) in [5.41, 5.74) is 0.447. The summed E-state index contributed by atoms with van der Waals surface area (Å²) in [4.78, 5) is 3.93. The number of halogens is 2. The van der Waals surface area contributed by atoms with Gasteiger partial charge in [-0.25, -0.2) is 17.2 Å². The Morgan fingerprint density at radius 3 is 2.45 bits per heavy atom. The van der Waals surface area contributed by atoms with Crippen LogP contribution in [-0.4, -0.2) is 13.4 Å². The molecule has 0 radical (unpaired) electrons. The molecule has 1 heterocycles. The number of aryl methyl sites for hydroxylation is 1. The first-order chi connectivity index (χ1) is 9.37. The Labute approximate surface area is 115 Å². The first-order valence-corrected chi connectivity index (χ1v) is 7.39. The summed E-state index contributed by atoms with van der Waals surface area (Å²) in [6.07, 6.45) is 1.44. The molecular weight excluding hydrogens is 286 g/mol. The number of benzene rings is 1. The number of aromatic nitrogens is 1. The van der Waals surface area contributed by atoms with Gasteiger partial charge in [0.15, 0.2) is 0 Å². The third kappa shape index (κ3) is 3.51. The second-order valence-electron chi connectivity index (χ2n) is 4.25. The smallest absolute Gasteiger partial charge is 0.237 e. The fourth-order valence-electron chi connectivity index (χ4n) is 1.68. The number of sulfonamides is 1. The van der Waals surface area contributed by atoms with Gasteiger partial charge < -0.3 is 0 Å². The maximum absolute atomic E-state index is 13.4. The van der Waals surface area contributed by atoms with Crippen LogP contribution in [-0.2, 0) is 15.8 Å². The number of hydrogen-bond acceptors (Lipinski definition) is 3. The number of nitrogens with zero attached hydrogens (tertiary/aromatic N) is 1. The zero-order valence-corrected chi connectivity index (χ0v) is 11.4. The summed E-state index contributed by atoms with van der Waals surface area (Å²) in [6, 6.07) is 6.20. The average Bonchev–Trinajstić information content (AvgIpc) is 2.33. The van der Waals surface area contributed by atoms with E-state index < -0.39 is 33.0 Å². The lowest BCUT2D eigenvalue weighted by molar-refractivity contribution is 0.557. The fraction of sp³-hybridized carbons (Fsp3) is 0.154. The van der Waals surface area contributed by atoms with E-state index in [2.05, 4.69) is 9.71 Å². The number of rotatable bonds is 4. The minimum atomic E-state index is -3.91. The first kappa shape index (κ1) is 14.4. The Balaban J connectivity index is 2.24. The normalized spacial score (nSPS) is 11.3. The minimum absolute atomic E-state index is 0.300. The van der Waals surface area contributed by atoms with Crippen LogP contribution in [0.15, 0.2) is 36.5 Å². The van der Waals surface area contributed by atoms with Crippen molar-refractivity contribution in [3.05, 3.63) is 59.4 Å². The van der Waals surface area contributed by atoms with Crippen LogP contribution >= 0.6 is 0 Å². The van der Waals surface area contributed by atoms with E-state index in [0.29, 0.717) is 11.4 Å². The molecule has 0 atom stereocenters. The highest BCUT2D eigenvalue weighted by Gasteiger charge is 2.18. The number of anilines is 1. The predicted molar refractivity (Wildman–Crippen MR) is 71.6 cm³/mol. The molecule has 2 rings (SSSR count). The predicted octanol–water partition coefficient (Wildman–Crippen LogP) is 2.61. The quantitative estimate of drug-likeness (QED) is 0.944. The van der Waals surface area contributed by atoms with Crippen molar-refractivity contribution in [1.29, 1.82) is 0 Å². The maximum atomic E-state index is 13.4. The third-order valence-corrected chi connectivity index (χ3v) is 3.78. The number of nitrogens with one attached hydrogen (secondary N) is 1. The van der Waals surface area contributed by atoms with Gasteiger partial charge in [0.25, 0.3) is 0 Å². The van der Waals surface area contributed by atoms with Crippen molar-refractivity contribution in [2.45, 2.75) is 12.7 Å². The van der Waals surface area contributed by atoms with Gasteiger partial charge in [0.2, 0.25) is 10.0 Å². The van der Waals surface area contributed by atoms with E-state index in [9.17, 15) is 17.2 Å². The van der Waals surface area contributed by atoms with Crippen molar-refractivity contribution >= 4 is 15.7 Å². The summed E-state index contributed by atoms with van der Waals surface area (Å²) < 4.78 is 53.0. The summed E-state index contributed by atoms with van der Waals surface area (Å²) in [5.74, 6) is -2.55. The van der Waals surface area contributed by atoms with Crippen molar-refractivity contribution in [2.75, 3.05) is 4.72 Å². The van der Waals surface area contributed by atoms with Crippen LogP contribution < -0.4 is 4.72 Å². The lowest BCUT2D eigenvalue weighted by Crippen LogP contribution is -2.17. The van der Waals surface area contributed by atoms with Gasteiger partial charge in [-0.1, -0.05) is 6.07 Å². The van der Waals surface area contributed by atoms with Crippen molar-refractivity contribution in [3.8, 4) is 0 Å². The largest absolute Gasteiger partial charge is 0.283 e. The van der Waals surface area contributed by atoms with Crippen molar-refractivity contribution in [3.63, 3.8) is 0 Å². The molecule has 106 valence electrons. The monoisotopic (exact) mass is 298 g/mol. The Morgan fingerprint density at radius 1 is 1.20 bits per heavy atom. The van der Waals surface area contributed by atoms with Gasteiger partial charge in [-0.05, 0) is 31.2 Å². The van der Waals surface area contributed by atoms with Crippen LogP contribution in [0.3, 0.4) is 0 Å². The van der Waals surface area contributed by atoms with Crippen LogP contribution in [0.25, 0.3) is 0 Å². The zero-order valence-electron chi connectivity index (χ0n) is 10.6. The van der Waals surface area contributed by atoms with Crippen LogP contribution in [0.1, 0.15) is 11.3 Å². The molecule has 0 amide bonds. The van der Waals surface area contributed by atoms with Gasteiger partial charge in [0.05, 0.1) is 5.69 Å². The van der Waals surface area contributed by atoms with Gasteiger partial charge in [0, 0.05) is 17.5 Å². The SMILES string of the molecule is Cc1cc(NS(=O)(=O)Cc2c(F)cccc2F)ccn1. The third-order valence-electron chi connectivity index (χ3n) is 2.57. The van der Waals surface area contributed by atoms with E-state index in [1.54, 1.807) is 6.92 Å². The first-order valence-electron chi connectivity index (χ1n) is 5.73. The van der Waals surface area contributed by atoms with Crippen molar-refractivity contribution in [1.82, 2.24) is 4.98 Å².